The molecule has 0 radical (unpaired) electrons. The van der Waals surface area contributed by atoms with E-state index in [9.17, 15) is 0 Å². The second-order valence-electron chi connectivity index (χ2n) is 2.32. The van der Waals surface area contributed by atoms with Crippen LogP contribution in [0.5, 0.6) is 0 Å². The molecule has 1 atom stereocenters. The van der Waals surface area contributed by atoms with Crippen molar-refractivity contribution < 1.29 is 0 Å². The Balaban J connectivity index is 3.03. The molecule has 0 bridgehead atoms. The van der Waals surface area contributed by atoms with E-state index in [1.54, 1.807) is 10.8 Å². The highest BCUT2D eigenvalue weighted by atomic mass is 15.1. The lowest BCUT2D eigenvalue weighted by Crippen LogP contribution is -2.06. The first-order valence-corrected chi connectivity index (χ1v) is 3.66. The first kappa shape index (κ1) is 8.29. The van der Waals surface area contributed by atoms with Crippen LogP contribution < -0.4 is 0 Å². The van der Waals surface area contributed by atoms with Crippen LogP contribution in [0.3, 0.4) is 0 Å². The van der Waals surface area contributed by atoms with Crippen LogP contribution in [0.15, 0.2) is 12.4 Å². The summed E-state index contributed by atoms with van der Waals surface area (Å²) in [7, 11) is 0. The van der Waals surface area contributed by atoms with Gasteiger partial charge < -0.3 is 4.57 Å². The second-order valence-corrected chi connectivity index (χ2v) is 2.32. The van der Waals surface area contributed by atoms with Gasteiger partial charge in [-0.05, 0) is 6.42 Å². The fourth-order valence-corrected chi connectivity index (χ4v) is 1.00. The molecule has 0 fully saturated rings. The molecule has 0 saturated heterocycles. The molecule has 0 saturated carbocycles. The molecule has 1 unspecified atom stereocenters. The predicted octanol–water partition coefficient (Wildman–Crippen LogP) is 1.23. The number of imidazole rings is 1. The van der Waals surface area contributed by atoms with E-state index in [4.69, 9.17) is 10.5 Å². The molecule has 60 valence electrons. The fraction of sp³-hybridized carbons (Fsp3) is 0.375. The van der Waals surface area contributed by atoms with E-state index in [1.807, 2.05) is 13.0 Å². The standard InChI is InChI=1S/C8H8N4/c1-2-7(5-9)12-4-3-11-8(12)6-10/h3-4,7H,2H2,1H3. The third-order valence-electron chi connectivity index (χ3n) is 1.64. The van der Waals surface area contributed by atoms with Crippen molar-refractivity contribution in [3.05, 3.63) is 18.2 Å². The maximum absolute atomic E-state index is 8.71. The van der Waals surface area contributed by atoms with Crippen LogP contribution in [0.2, 0.25) is 0 Å². The van der Waals surface area contributed by atoms with Gasteiger partial charge in [-0.2, -0.15) is 10.5 Å². The van der Waals surface area contributed by atoms with Crippen molar-refractivity contribution in [2.24, 2.45) is 0 Å². The summed E-state index contributed by atoms with van der Waals surface area (Å²) in [5.74, 6) is 0.295. The van der Waals surface area contributed by atoms with Crippen LogP contribution in [0.25, 0.3) is 0 Å². The molecule has 1 rings (SSSR count). The number of aromatic nitrogens is 2. The van der Waals surface area contributed by atoms with Crippen molar-refractivity contribution in [1.29, 1.82) is 10.5 Å². The van der Waals surface area contributed by atoms with Gasteiger partial charge in [0.25, 0.3) is 0 Å². The van der Waals surface area contributed by atoms with Gasteiger partial charge in [-0.15, -0.1) is 0 Å². The van der Waals surface area contributed by atoms with Gasteiger partial charge in [0.1, 0.15) is 12.1 Å². The second kappa shape index (κ2) is 3.54. The van der Waals surface area contributed by atoms with E-state index in [0.29, 0.717) is 12.2 Å². The van der Waals surface area contributed by atoms with Crippen molar-refractivity contribution in [1.82, 2.24) is 9.55 Å². The van der Waals surface area contributed by atoms with Crippen LogP contribution >= 0.6 is 0 Å². The van der Waals surface area contributed by atoms with E-state index in [0.717, 1.165) is 0 Å². The Morgan fingerprint density at radius 1 is 1.67 bits per heavy atom. The highest BCUT2D eigenvalue weighted by Crippen LogP contribution is 2.11. The molecule has 12 heavy (non-hydrogen) atoms. The maximum atomic E-state index is 8.71. The Hall–Kier alpha value is -1.81. The summed E-state index contributed by atoms with van der Waals surface area (Å²) in [6, 6.07) is 3.75. The first-order chi connectivity index (χ1) is 5.83. The Kier molecular flexibility index (Phi) is 2.45. The highest BCUT2D eigenvalue weighted by Gasteiger charge is 2.10. The number of rotatable bonds is 2. The van der Waals surface area contributed by atoms with Gasteiger partial charge in [-0.3, -0.25) is 0 Å². The van der Waals surface area contributed by atoms with Gasteiger partial charge in [0, 0.05) is 12.4 Å². The third kappa shape index (κ3) is 1.28. The van der Waals surface area contributed by atoms with Crippen LogP contribution in [0, 0.1) is 22.7 Å². The van der Waals surface area contributed by atoms with Gasteiger partial charge in [0.15, 0.2) is 0 Å². The minimum absolute atomic E-state index is 0.276. The Morgan fingerprint density at radius 2 is 2.42 bits per heavy atom. The molecule has 0 N–H and O–H groups in total. The lowest BCUT2D eigenvalue weighted by atomic mass is 10.2. The summed E-state index contributed by atoms with van der Waals surface area (Å²) < 4.78 is 1.58. The van der Waals surface area contributed by atoms with Crippen LogP contribution in [-0.2, 0) is 0 Å². The van der Waals surface area contributed by atoms with Gasteiger partial charge in [-0.1, -0.05) is 6.92 Å². The number of nitriles is 2. The van der Waals surface area contributed by atoms with Crippen molar-refractivity contribution in [3.63, 3.8) is 0 Å². The SMILES string of the molecule is CCC(C#N)n1ccnc1C#N. The summed E-state index contributed by atoms with van der Waals surface area (Å²) in [5.41, 5.74) is 0. The van der Waals surface area contributed by atoms with E-state index in [1.165, 1.54) is 6.20 Å². The molecular formula is C8H8N4. The van der Waals surface area contributed by atoms with Crippen molar-refractivity contribution >= 4 is 0 Å². The summed E-state index contributed by atoms with van der Waals surface area (Å²) >= 11 is 0. The zero-order valence-corrected chi connectivity index (χ0v) is 6.73. The maximum Gasteiger partial charge on any atom is 0.213 e. The topological polar surface area (TPSA) is 65.4 Å². The molecule has 0 aliphatic carbocycles. The monoisotopic (exact) mass is 160 g/mol. The highest BCUT2D eigenvalue weighted by molar-refractivity contribution is 5.14. The largest absolute Gasteiger partial charge is 0.306 e. The van der Waals surface area contributed by atoms with E-state index in [-0.39, 0.29) is 6.04 Å². The first-order valence-electron chi connectivity index (χ1n) is 3.66. The normalized spacial score (nSPS) is 11.6. The smallest absolute Gasteiger partial charge is 0.213 e. The number of hydrogen-bond donors (Lipinski definition) is 0. The quantitative estimate of drug-likeness (QED) is 0.653. The van der Waals surface area contributed by atoms with Gasteiger partial charge in [0.05, 0.1) is 6.07 Å². The molecule has 0 aliphatic rings. The van der Waals surface area contributed by atoms with Gasteiger partial charge >= 0.3 is 0 Å². The van der Waals surface area contributed by atoms with Crippen molar-refractivity contribution in [2.45, 2.75) is 19.4 Å². The number of nitrogens with zero attached hydrogens (tertiary/aromatic N) is 4. The Labute approximate surface area is 70.7 Å². The summed E-state index contributed by atoms with van der Waals surface area (Å²) in [6.45, 7) is 1.90. The zero-order valence-electron chi connectivity index (χ0n) is 6.73. The van der Waals surface area contributed by atoms with Gasteiger partial charge in [-0.25, -0.2) is 4.98 Å². The van der Waals surface area contributed by atoms with Crippen molar-refractivity contribution in [3.8, 4) is 12.1 Å². The average Bonchev–Trinajstić information content (AvgIpc) is 2.55. The average molecular weight is 160 g/mol. The third-order valence-corrected chi connectivity index (χ3v) is 1.64. The molecule has 1 aromatic rings. The fourth-order valence-electron chi connectivity index (χ4n) is 1.00. The number of hydrogen-bond acceptors (Lipinski definition) is 3. The molecule has 4 heteroatoms. The minimum atomic E-state index is -0.276. The summed E-state index contributed by atoms with van der Waals surface area (Å²) in [4.78, 5) is 3.80. The zero-order chi connectivity index (χ0) is 8.97. The molecule has 0 aliphatic heterocycles. The summed E-state index contributed by atoms with van der Waals surface area (Å²) in [5, 5.41) is 17.3. The predicted molar refractivity (Wildman–Crippen MR) is 41.9 cm³/mol. The molecule has 0 aromatic carbocycles. The molecule has 0 amide bonds. The lowest BCUT2D eigenvalue weighted by Gasteiger charge is -2.07. The molecule has 4 nitrogen and oxygen atoms in total. The van der Waals surface area contributed by atoms with Crippen LogP contribution in [0.1, 0.15) is 25.2 Å². The molecule has 1 heterocycles. The van der Waals surface area contributed by atoms with E-state index >= 15 is 0 Å². The van der Waals surface area contributed by atoms with Crippen molar-refractivity contribution in [2.75, 3.05) is 0 Å². The lowest BCUT2D eigenvalue weighted by molar-refractivity contribution is 0.590. The van der Waals surface area contributed by atoms with E-state index in [2.05, 4.69) is 11.1 Å². The Bertz CT molecular complexity index is 339. The van der Waals surface area contributed by atoms with Crippen LogP contribution in [0.4, 0.5) is 0 Å². The van der Waals surface area contributed by atoms with E-state index < -0.39 is 0 Å². The van der Waals surface area contributed by atoms with Gasteiger partial charge in [0.2, 0.25) is 5.82 Å². The molecule has 1 aromatic heterocycles. The molecule has 0 spiro atoms. The molecular weight excluding hydrogens is 152 g/mol. The van der Waals surface area contributed by atoms with Crippen LogP contribution in [-0.4, -0.2) is 9.55 Å². The minimum Gasteiger partial charge on any atom is -0.306 e. The Morgan fingerprint density at radius 3 is 2.92 bits per heavy atom. The summed E-state index contributed by atoms with van der Waals surface area (Å²) in [6.07, 6.45) is 3.86.